The van der Waals surface area contributed by atoms with Crippen LogP contribution < -0.4 is 10.5 Å². The summed E-state index contributed by atoms with van der Waals surface area (Å²) in [7, 11) is -7.91. The molecule has 2 aromatic rings. The van der Waals surface area contributed by atoms with E-state index in [1.165, 1.54) is 42.5 Å². The van der Waals surface area contributed by atoms with Crippen molar-refractivity contribution in [2.45, 2.75) is 16.7 Å². The summed E-state index contributed by atoms with van der Waals surface area (Å²) in [6.07, 6.45) is 0. The maximum atomic E-state index is 12.8. The lowest BCUT2D eigenvalue weighted by Crippen LogP contribution is -2.38. The smallest absolute Gasteiger partial charge is 0.245 e. The number of rotatable bonds is 7. The minimum absolute atomic E-state index is 0.0122. The summed E-state index contributed by atoms with van der Waals surface area (Å²) in [6.45, 7) is 1.12. The molecule has 0 aliphatic rings. The van der Waals surface area contributed by atoms with Crippen LogP contribution in [-0.2, 0) is 24.8 Å². The van der Waals surface area contributed by atoms with Crippen LogP contribution in [-0.4, -0.2) is 40.1 Å². The molecule has 2 rings (SSSR count). The molecule has 0 aliphatic carbocycles. The highest BCUT2D eigenvalue weighted by atomic mass is 35.5. The third kappa shape index (κ3) is 5.43. The van der Waals surface area contributed by atoms with Gasteiger partial charge in [0, 0.05) is 17.3 Å². The predicted molar refractivity (Wildman–Crippen MR) is 107 cm³/mol. The van der Waals surface area contributed by atoms with Crippen molar-refractivity contribution in [3.8, 4) is 0 Å². The van der Waals surface area contributed by atoms with Crippen molar-refractivity contribution in [3.05, 3.63) is 52.5 Å². The quantitative estimate of drug-likeness (QED) is 0.648. The maximum Gasteiger partial charge on any atom is 0.245 e. The minimum atomic E-state index is -4.06. The Bertz CT molecular complexity index is 1090. The number of amides is 1. The molecule has 8 nitrogen and oxygen atoms in total. The molecule has 0 fully saturated rings. The van der Waals surface area contributed by atoms with Gasteiger partial charge in [0.25, 0.3) is 0 Å². The number of carbonyl (C=O) groups is 1. The number of halogens is 2. The Balaban J connectivity index is 2.18. The molecule has 28 heavy (non-hydrogen) atoms. The Kier molecular flexibility index (Phi) is 7.07. The van der Waals surface area contributed by atoms with E-state index >= 15 is 0 Å². The highest BCUT2D eigenvalue weighted by Crippen LogP contribution is 2.27. The van der Waals surface area contributed by atoms with Crippen LogP contribution in [0.25, 0.3) is 0 Å². The lowest BCUT2D eigenvalue weighted by atomic mass is 10.3. The van der Waals surface area contributed by atoms with Crippen molar-refractivity contribution in [1.82, 2.24) is 4.31 Å². The Hall–Kier alpha value is -1.69. The highest BCUT2D eigenvalue weighted by molar-refractivity contribution is 7.89. The fourth-order valence-corrected chi connectivity index (χ4v) is 4.93. The number of primary sulfonamides is 1. The van der Waals surface area contributed by atoms with Gasteiger partial charge in [0.1, 0.15) is 4.90 Å². The summed E-state index contributed by atoms with van der Waals surface area (Å²) in [4.78, 5) is 12.0. The van der Waals surface area contributed by atoms with E-state index in [4.69, 9.17) is 28.3 Å². The van der Waals surface area contributed by atoms with E-state index in [9.17, 15) is 21.6 Å². The third-order valence-electron chi connectivity index (χ3n) is 3.65. The van der Waals surface area contributed by atoms with Gasteiger partial charge in [-0.25, -0.2) is 22.0 Å². The van der Waals surface area contributed by atoms with Gasteiger partial charge in [-0.1, -0.05) is 30.1 Å². The lowest BCUT2D eigenvalue weighted by Gasteiger charge is -2.21. The fourth-order valence-electron chi connectivity index (χ4n) is 2.27. The summed E-state index contributed by atoms with van der Waals surface area (Å²) in [5.41, 5.74) is 0.284. The van der Waals surface area contributed by atoms with Crippen molar-refractivity contribution < 1.29 is 21.6 Å². The highest BCUT2D eigenvalue weighted by Gasteiger charge is 2.27. The zero-order valence-electron chi connectivity index (χ0n) is 14.6. The number of hydrogen-bond donors (Lipinski definition) is 2. The molecule has 0 aliphatic heterocycles. The lowest BCUT2D eigenvalue weighted by molar-refractivity contribution is -0.116. The van der Waals surface area contributed by atoms with Gasteiger partial charge in [0.15, 0.2) is 0 Å². The first-order valence-corrected chi connectivity index (χ1v) is 11.6. The normalized spacial score (nSPS) is 12.2. The van der Waals surface area contributed by atoms with E-state index in [0.29, 0.717) is 0 Å². The molecule has 0 heterocycles. The van der Waals surface area contributed by atoms with Gasteiger partial charge in [-0.2, -0.15) is 4.31 Å². The Morgan fingerprint density at radius 3 is 2.21 bits per heavy atom. The van der Waals surface area contributed by atoms with E-state index in [-0.39, 0.29) is 32.1 Å². The number of carbonyl (C=O) groups excluding carboxylic acids is 1. The number of nitrogens with two attached hydrogens (primary N) is 1. The van der Waals surface area contributed by atoms with Crippen LogP contribution in [0.2, 0.25) is 10.0 Å². The van der Waals surface area contributed by atoms with Gasteiger partial charge in [-0.15, -0.1) is 0 Å². The first-order chi connectivity index (χ1) is 12.9. The van der Waals surface area contributed by atoms with Gasteiger partial charge in [-0.3, -0.25) is 4.79 Å². The molecule has 0 saturated heterocycles. The fraction of sp³-hybridized carbons (Fsp3) is 0.188. The van der Waals surface area contributed by atoms with Crippen LogP contribution in [0, 0.1) is 0 Å². The van der Waals surface area contributed by atoms with E-state index in [1.54, 1.807) is 6.92 Å². The molecule has 0 saturated carbocycles. The van der Waals surface area contributed by atoms with Crippen LogP contribution in [0.4, 0.5) is 5.69 Å². The molecule has 0 atom stereocenters. The number of likely N-dealkylation sites (N-methyl/N-ethyl adjacent to an activating group) is 1. The van der Waals surface area contributed by atoms with Crippen LogP contribution >= 0.6 is 23.2 Å². The Labute approximate surface area is 173 Å². The van der Waals surface area contributed by atoms with Crippen molar-refractivity contribution in [3.63, 3.8) is 0 Å². The largest absolute Gasteiger partial charge is 0.325 e. The molecule has 12 heteroatoms. The van der Waals surface area contributed by atoms with Crippen molar-refractivity contribution in [2.24, 2.45) is 5.14 Å². The van der Waals surface area contributed by atoms with Crippen LogP contribution in [0.5, 0.6) is 0 Å². The standard InChI is InChI=1S/C16H17Cl2N3O5S2/c1-2-21(28(25,26)15-9-11(17)3-8-14(15)18)10-16(22)20-12-4-6-13(7-5-12)27(19,23)24/h3-9H,2,10H2,1H3,(H,20,22)(H2,19,23,24). The number of hydrogen-bond acceptors (Lipinski definition) is 5. The number of anilines is 1. The first kappa shape index (κ1) is 22.6. The Morgan fingerprint density at radius 2 is 1.68 bits per heavy atom. The van der Waals surface area contributed by atoms with Gasteiger partial charge in [-0.05, 0) is 42.5 Å². The Morgan fingerprint density at radius 1 is 1.07 bits per heavy atom. The molecule has 0 aromatic heterocycles. The van der Waals surface area contributed by atoms with Gasteiger partial charge in [0.2, 0.25) is 26.0 Å². The van der Waals surface area contributed by atoms with Crippen LogP contribution in [0.15, 0.2) is 52.3 Å². The average Bonchev–Trinajstić information content (AvgIpc) is 2.61. The second-order valence-corrected chi connectivity index (χ2v) is 9.93. The van der Waals surface area contributed by atoms with E-state index in [0.717, 1.165) is 4.31 Å². The number of nitrogens with zero attached hydrogens (tertiary/aromatic N) is 1. The molecular weight excluding hydrogens is 449 g/mol. The zero-order valence-corrected chi connectivity index (χ0v) is 17.7. The number of nitrogens with one attached hydrogen (secondary N) is 1. The second kappa shape index (κ2) is 8.76. The van der Waals surface area contributed by atoms with Gasteiger partial charge < -0.3 is 5.32 Å². The van der Waals surface area contributed by atoms with Gasteiger partial charge in [0.05, 0.1) is 16.5 Å². The number of sulfonamides is 2. The first-order valence-electron chi connectivity index (χ1n) is 7.83. The molecule has 2 aromatic carbocycles. The summed E-state index contributed by atoms with van der Waals surface area (Å²) >= 11 is 11.8. The molecule has 0 radical (unpaired) electrons. The molecule has 3 N–H and O–H groups in total. The van der Waals surface area contributed by atoms with Gasteiger partial charge >= 0.3 is 0 Å². The molecular formula is C16H17Cl2N3O5S2. The maximum absolute atomic E-state index is 12.8. The molecule has 0 spiro atoms. The van der Waals surface area contributed by atoms with Crippen LogP contribution in [0.1, 0.15) is 6.92 Å². The minimum Gasteiger partial charge on any atom is -0.325 e. The molecule has 0 bridgehead atoms. The SMILES string of the molecule is CCN(CC(=O)Nc1ccc(S(N)(=O)=O)cc1)S(=O)(=O)c1cc(Cl)ccc1Cl. The van der Waals surface area contributed by atoms with Crippen molar-refractivity contribution in [2.75, 3.05) is 18.4 Å². The second-order valence-electron chi connectivity index (χ2n) is 5.62. The van der Waals surface area contributed by atoms with Crippen molar-refractivity contribution in [1.29, 1.82) is 0 Å². The average molecular weight is 466 g/mol. The summed E-state index contributed by atoms with van der Waals surface area (Å²) < 4.78 is 49.0. The zero-order chi connectivity index (χ0) is 21.1. The predicted octanol–water partition coefficient (Wildman–Crippen LogP) is 2.29. The molecule has 152 valence electrons. The summed E-state index contributed by atoms with van der Waals surface area (Å²) in [5.74, 6) is -0.619. The van der Waals surface area contributed by atoms with Crippen molar-refractivity contribution >= 4 is 54.8 Å². The third-order valence-corrected chi connectivity index (χ3v) is 7.22. The van der Waals surface area contributed by atoms with Crippen LogP contribution in [0.3, 0.4) is 0 Å². The number of benzene rings is 2. The summed E-state index contributed by atoms with van der Waals surface area (Å²) in [6, 6.07) is 9.17. The monoisotopic (exact) mass is 465 g/mol. The van der Waals surface area contributed by atoms with E-state index in [2.05, 4.69) is 5.32 Å². The molecule has 0 unspecified atom stereocenters. The summed E-state index contributed by atoms with van der Waals surface area (Å²) in [5, 5.41) is 7.69. The molecule has 1 amide bonds. The van der Waals surface area contributed by atoms with E-state index in [1.807, 2.05) is 0 Å². The van der Waals surface area contributed by atoms with E-state index < -0.39 is 32.5 Å². The topological polar surface area (TPSA) is 127 Å².